The summed E-state index contributed by atoms with van der Waals surface area (Å²) in [7, 11) is 0. The third kappa shape index (κ3) is 3.07. The zero-order chi connectivity index (χ0) is 13.9. The third-order valence-electron chi connectivity index (χ3n) is 4.00. The van der Waals surface area contributed by atoms with Gasteiger partial charge in [0.05, 0.1) is 5.69 Å². The highest BCUT2D eigenvalue weighted by Crippen LogP contribution is 2.24. The first-order valence-corrected chi connectivity index (χ1v) is 8.20. The predicted molar refractivity (Wildman–Crippen MR) is 83.9 cm³/mol. The van der Waals surface area contributed by atoms with E-state index < -0.39 is 0 Å². The van der Waals surface area contributed by atoms with Crippen LogP contribution in [0.25, 0.3) is 10.7 Å². The van der Waals surface area contributed by atoms with Crippen LogP contribution in [-0.2, 0) is 6.42 Å². The largest absolute Gasteiger partial charge is 0.301 e. The summed E-state index contributed by atoms with van der Waals surface area (Å²) in [5.41, 5.74) is 2.21. The molecule has 0 saturated carbocycles. The summed E-state index contributed by atoms with van der Waals surface area (Å²) in [6, 6.07) is 6.97. The van der Waals surface area contributed by atoms with Gasteiger partial charge in [-0.2, -0.15) is 0 Å². The molecule has 2 aromatic heterocycles. The summed E-state index contributed by atoms with van der Waals surface area (Å²) in [6.07, 6.45) is 4.22. The van der Waals surface area contributed by atoms with E-state index in [0.717, 1.165) is 23.0 Å². The molecule has 1 atom stereocenters. The second kappa shape index (κ2) is 6.02. The second-order valence-electron chi connectivity index (χ2n) is 5.80. The van der Waals surface area contributed by atoms with Crippen LogP contribution < -0.4 is 0 Å². The first-order valence-electron chi connectivity index (χ1n) is 7.32. The molecule has 1 fully saturated rings. The van der Waals surface area contributed by atoms with Crippen molar-refractivity contribution in [2.45, 2.75) is 32.7 Å². The van der Waals surface area contributed by atoms with Gasteiger partial charge in [0, 0.05) is 29.9 Å². The molecule has 4 heteroatoms. The van der Waals surface area contributed by atoms with Crippen molar-refractivity contribution in [1.82, 2.24) is 14.9 Å². The number of nitrogens with zero attached hydrogens (tertiary/aromatic N) is 3. The van der Waals surface area contributed by atoms with Crippen molar-refractivity contribution in [2.24, 2.45) is 5.92 Å². The fraction of sp³-hybridized carbons (Fsp3) is 0.500. The molecular weight excluding hydrogens is 266 g/mol. The molecule has 2 aromatic rings. The van der Waals surface area contributed by atoms with Gasteiger partial charge < -0.3 is 4.90 Å². The normalized spacial score (nSPS) is 19.9. The maximum absolute atomic E-state index is 4.78. The molecule has 0 aromatic carbocycles. The van der Waals surface area contributed by atoms with Crippen molar-refractivity contribution in [3.63, 3.8) is 0 Å². The Morgan fingerprint density at radius 2 is 2.30 bits per heavy atom. The summed E-state index contributed by atoms with van der Waals surface area (Å²) in [6.45, 7) is 7.00. The molecule has 3 nitrogen and oxygen atoms in total. The smallest absolute Gasteiger partial charge is 0.141 e. The lowest BCUT2D eigenvalue weighted by Gasteiger charge is -2.20. The molecule has 3 heterocycles. The number of thiazole rings is 1. The molecule has 1 saturated heterocycles. The van der Waals surface area contributed by atoms with E-state index in [9.17, 15) is 0 Å². The number of rotatable bonds is 4. The topological polar surface area (TPSA) is 29.0 Å². The molecule has 0 amide bonds. The number of likely N-dealkylation sites (tertiary alicyclic amines) is 1. The molecular formula is C16H21N3S. The van der Waals surface area contributed by atoms with Gasteiger partial charge in [0.2, 0.25) is 0 Å². The fourth-order valence-corrected chi connectivity index (χ4v) is 3.46. The van der Waals surface area contributed by atoms with Gasteiger partial charge in [-0.15, -0.1) is 11.3 Å². The maximum Gasteiger partial charge on any atom is 0.141 e. The Bertz CT molecular complexity index is 551. The summed E-state index contributed by atoms with van der Waals surface area (Å²) < 4.78 is 0. The lowest BCUT2D eigenvalue weighted by molar-refractivity contribution is 0.265. The molecule has 0 N–H and O–H groups in total. The van der Waals surface area contributed by atoms with Crippen LogP contribution in [0.4, 0.5) is 0 Å². The Hall–Kier alpha value is -1.26. The molecule has 3 rings (SSSR count). The number of aromatic nitrogens is 2. The van der Waals surface area contributed by atoms with Crippen molar-refractivity contribution >= 4 is 11.3 Å². The predicted octanol–water partition coefficient (Wildman–Crippen LogP) is 3.48. The molecule has 0 aliphatic carbocycles. The highest BCUT2D eigenvalue weighted by molar-refractivity contribution is 7.13. The van der Waals surface area contributed by atoms with E-state index in [-0.39, 0.29) is 0 Å². The first kappa shape index (κ1) is 13.7. The number of hydrogen-bond donors (Lipinski definition) is 0. The van der Waals surface area contributed by atoms with Crippen LogP contribution in [0, 0.1) is 5.92 Å². The van der Waals surface area contributed by atoms with E-state index in [1.165, 1.54) is 25.2 Å². The van der Waals surface area contributed by atoms with Crippen molar-refractivity contribution in [3.8, 4) is 10.7 Å². The van der Waals surface area contributed by atoms with E-state index in [1.54, 1.807) is 11.3 Å². The lowest BCUT2D eigenvalue weighted by Crippen LogP contribution is -2.28. The second-order valence-corrected chi connectivity index (χ2v) is 6.69. The van der Waals surface area contributed by atoms with Crippen molar-refractivity contribution in [2.75, 3.05) is 13.1 Å². The Morgan fingerprint density at radius 3 is 3.00 bits per heavy atom. The Balaban J connectivity index is 1.68. The molecule has 0 spiro atoms. The minimum absolute atomic E-state index is 0.662. The van der Waals surface area contributed by atoms with Gasteiger partial charge in [0.25, 0.3) is 0 Å². The van der Waals surface area contributed by atoms with Gasteiger partial charge in [-0.05, 0) is 51.3 Å². The van der Waals surface area contributed by atoms with E-state index in [1.807, 2.05) is 11.6 Å². The highest BCUT2D eigenvalue weighted by Gasteiger charge is 2.24. The van der Waals surface area contributed by atoms with E-state index >= 15 is 0 Å². The monoisotopic (exact) mass is 287 g/mol. The van der Waals surface area contributed by atoms with Gasteiger partial charge in [0.15, 0.2) is 0 Å². The van der Waals surface area contributed by atoms with E-state index in [0.29, 0.717) is 6.04 Å². The Labute approximate surface area is 124 Å². The average Bonchev–Trinajstić information content (AvgIpc) is 3.10. The van der Waals surface area contributed by atoms with E-state index in [4.69, 9.17) is 4.98 Å². The van der Waals surface area contributed by atoms with Gasteiger partial charge >= 0.3 is 0 Å². The molecule has 106 valence electrons. The number of hydrogen-bond acceptors (Lipinski definition) is 4. The summed E-state index contributed by atoms with van der Waals surface area (Å²) in [5.74, 6) is 0.747. The zero-order valence-electron chi connectivity index (χ0n) is 12.1. The van der Waals surface area contributed by atoms with Crippen LogP contribution in [0.2, 0.25) is 0 Å². The van der Waals surface area contributed by atoms with Gasteiger partial charge in [-0.1, -0.05) is 6.07 Å². The summed E-state index contributed by atoms with van der Waals surface area (Å²) in [5, 5.41) is 3.02. The molecule has 0 bridgehead atoms. The van der Waals surface area contributed by atoms with Crippen LogP contribution in [0.5, 0.6) is 0 Å². The van der Waals surface area contributed by atoms with Crippen LogP contribution in [0.1, 0.15) is 26.0 Å². The SMILES string of the molecule is CC(C)N1CC[C@@H](Cc2cccc(-c3nccs3)n2)C1. The zero-order valence-corrected chi connectivity index (χ0v) is 12.9. The van der Waals surface area contributed by atoms with Crippen molar-refractivity contribution in [3.05, 3.63) is 35.5 Å². The highest BCUT2D eigenvalue weighted by atomic mass is 32.1. The van der Waals surface area contributed by atoms with Crippen LogP contribution in [-0.4, -0.2) is 34.0 Å². The van der Waals surface area contributed by atoms with Gasteiger partial charge in [-0.3, -0.25) is 4.98 Å². The Kier molecular flexibility index (Phi) is 4.13. The minimum atomic E-state index is 0.662. The van der Waals surface area contributed by atoms with E-state index in [2.05, 4.69) is 41.9 Å². The molecule has 0 radical (unpaired) electrons. The van der Waals surface area contributed by atoms with Crippen molar-refractivity contribution < 1.29 is 0 Å². The van der Waals surface area contributed by atoms with Crippen LogP contribution >= 0.6 is 11.3 Å². The quantitative estimate of drug-likeness (QED) is 0.862. The van der Waals surface area contributed by atoms with Crippen molar-refractivity contribution in [1.29, 1.82) is 0 Å². The minimum Gasteiger partial charge on any atom is -0.301 e. The van der Waals surface area contributed by atoms with Crippen LogP contribution in [0.3, 0.4) is 0 Å². The molecule has 20 heavy (non-hydrogen) atoms. The van der Waals surface area contributed by atoms with Gasteiger partial charge in [0.1, 0.15) is 5.01 Å². The Morgan fingerprint density at radius 1 is 1.40 bits per heavy atom. The van der Waals surface area contributed by atoms with Gasteiger partial charge in [-0.25, -0.2) is 4.98 Å². The fourth-order valence-electron chi connectivity index (χ4n) is 2.86. The molecule has 1 aliphatic rings. The third-order valence-corrected chi connectivity index (χ3v) is 4.80. The van der Waals surface area contributed by atoms with Crippen LogP contribution in [0.15, 0.2) is 29.8 Å². The first-order chi connectivity index (χ1) is 9.72. The molecule has 0 unspecified atom stereocenters. The lowest BCUT2D eigenvalue weighted by atomic mass is 10.0. The molecule has 1 aliphatic heterocycles. The summed E-state index contributed by atoms with van der Waals surface area (Å²) >= 11 is 1.65. The maximum atomic E-state index is 4.78. The standard InChI is InChI=1S/C16H21N3S/c1-12(2)19-8-6-13(11-19)10-14-4-3-5-15(18-14)16-17-7-9-20-16/h3-5,7,9,12-13H,6,8,10-11H2,1-2H3/t13-/m0/s1. The average molecular weight is 287 g/mol. The summed E-state index contributed by atoms with van der Waals surface area (Å²) in [4.78, 5) is 11.7. The number of pyridine rings is 1.